The Morgan fingerprint density at radius 3 is 2.58 bits per heavy atom. The second kappa shape index (κ2) is 11.1. The van der Waals surface area contributed by atoms with Crippen molar-refractivity contribution in [3.05, 3.63) is 96.0 Å². The number of rotatable bonds is 8. The highest BCUT2D eigenvalue weighted by Gasteiger charge is 2.34. The second-order valence-electron chi connectivity index (χ2n) is 7.77. The van der Waals surface area contributed by atoms with E-state index in [1.54, 1.807) is 12.1 Å². The Morgan fingerprint density at radius 2 is 1.89 bits per heavy atom. The lowest BCUT2D eigenvalue weighted by atomic mass is 10.1. The Bertz CT molecular complexity index is 1500. The smallest absolute Gasteiger partial charge is 0.373 e. The number of esters is 1. The van der Waals surface area contributed by atoms with E-state index in [-0.39, 0.29) is 46.7 Å². The van der Waals surface area contributed by atoms with Gasteiger partial charge in [0.05, 0.1) is 23.6 Å². The van der Waals surface area contributed by atoms with Crippen molar-refractivity contribution in [2.24, 2.45) is 0 Å². The molecule has 1 fully saturated rings. The molecule has 1 aromatic heterocycles. The zero-order valence-corrected chi connectivity index (χ0v) is 21.6. The van der Waals surface area contributed by atoms with Gasteiger partial charge in [0, 0.05) is 21.7 Å². The van der Waals surface area contributed by atoms with Crippen LogP contribution in [0.2, 0.25) is 15.1 Å². The van der Waals surface area contributed by atoms with Gasteiger partial charge < -0.3 is 19.2 Å². The molecule has 1 aliphatic heterocycles. The summed E-state index contributed by atoms with van der Waals surface area (Å²) in [5, 5.41) is 14.8. The van der Waals surface area contributed by atoms with Crippen molar-refractivity contribution in [1.82, 2.24) is 10.2 Å². The van der Waals surface area contributed by atoms with Crippen LogP contribution in [0, 0.1) is 10.1 Å². The fourth-order valence-corrected chi connectivity index (χ4v) is 4.20. The zero-order chi connectivity index (χ0) is 27.6. The van der Waals surface area contributed by atoms with Crippen molar-refractivity contribution in [2.45, 2.75) is 13.2 Å². The Kier molecular flexibility index (Phi) is 7.91. The van der Waals surface area contributed by atoms with Crippen molar-refractivity contribution in [3.8, 4) is 5.75 Å². The van der Waals surface area contributed by atoms with Crippen LogP contribution in [-0.2, 0) is 22.7 Å². The Morgan fingerprint density at radius 1 is 1.13 bits per heavy atom. The maximum atomic E-state index is 12.8. The van der Waals surface area contributed by atoms with Gasteiger partial charge in [-0.25, -0.2) is 9.59 Å². The molecule has 0 radical (unpaired) electrons. The predicted molar refractivity (Wildman–Crippen MR) is 136 cm³/mol. The lowest BCUT2D eigenvalue weighted by Crippen LogP contribution is -2.30. The highest BCUT2D eigenvalue weighted by molar-refractivity contribution is 6.35. The number of hydrogen-bond acceptors (Lipinski definition) is 8. The average molecular weight is 581 g/mol. The number of nitrogens with zero attached hydrogens (tertiary/aromatic N) is 2. The van der Waals surface area contributed by atoms with Crippen LogP contribution in [0.4, 0.5) is 10.5 Å². The van der Waals surface area contributed by atoms with Crippen LogP contribution in [-0.4, -0.2) is 34.8 Å². The molecule has 2 heterocycles. The van der Waals surface area contributed by atoms with E-state index >= 15 is 0 Å². The van der Waals surface area contributed by atoms with E-state index in [1.165, 1.54) is 37.5 Å². The van der Waals surface area contributed by atoms with Crippen molar-refractivity contribution in [2.75, 3.05) is 7.11 Å². The molecule has 0 aliphatic carbocycles. The minimum absolute atomic E-state index is 0.0899. The third-order valence-corrected chi connectivity index (χ3v) is 6.13. The minimum Gasteiger partial charge on any atom is -0.481 e. The van der Waals surface area contributed by atoms with E-state index in [4.69, 9.17) is 44.0 Å². The third kappa shape index (κ3) is 5.75. The largest absolute Gasteiger partial charge is 0.481 e. The van der Waals surface area contributed by atoms with Gasteiger partial charge in [0.15, 0.2) is 0 Å². The highest BCUT2D eigenvalue weighted by Crippen LogP contribution is 2.38. The summed E-state index contributed by atoms with van der Waals surface area (Å²) < 4.78 is 15.5. The van der Waals surface area contributed by atoms with Gasteiger partial charge >= 0.3 is 17.7 Å². The molecule has 1 saturated heterocycles. The van der Waals surface area contributed by atoms with Gasteiger partial charge in [0.2, 0.25) is 11.5 Å². The van der Waals surface area contributed by atoms with E-state index in [0.29, 0.717) is 15.6 Å². The number of halogens is 3. The molecule has 14 heteroatoms. The molecule has 0 saturated carbocycles. The number of nitro benzene ring substituents is 1. The standard InChI is InChI=1S/C24H16Cl3N3O8/c1-36-23(32)20-5-4-15(38-20)10-29-22(31)18(28-24(29)33)7-12-6-17(27)21(19(8-12)30(34)35)37-11-13-2-3-14(25)9-16(13)26/h2-9H,10-11H2,1H3,(H,28,33)/b18-7-. The minimum atomic E-state index is -0.752. The Hall–Kier alpha value is -4.06. The molecule has 0 unspecified atom stereocenters. The summed E-state index contributed by atoms with van der Waals surface area (Å²) in [5.74, 6) is -1.56. The summed E-state index contributed by atoms with van der Waals surface area (Å²) in [5.41, 5.74) is 0.0769. The number of nitro groups is 1. The molecule has 2 aromatic carbocycles. The van der Waals surface area contributed by atoms with Crippen LogP contribution in [0.5, 0.6) is 5.75 Å². The number of urea groups is 1. The van der Waals surface area contributed by atoms with Crippen molar-refractivity contribution in [1.29, 1.82) is 0 Å². The van der Waals surface area contributed by atoms with Crippen LogP contribution in [0.25, 0.3) is 6.08 Å². The van der Waals surface area contributed by atoms with E-state index in [2.05, 4.69) is 10.1 Å². The van der Waals surface area contributed by atoms with Crippen LogP contribution in [0.3, 0.4) is 0 Å². The first-order chi connectivity index (χ1) is 18.1. The molecule has 196 valence electrons. The zero-order valence-electron chi connectivity index (χ0n) is 19.3. The van der Waals surface area contributed by atoms with Gasteiger partial charge in [-0.15, -0.1) is 0 Å². The van der Waals surface area contributed by atoms with Crippen LogP contribution in [0.1, 0.15) is 27.4 Å². The molecule has 3 aromatic rings. The molecule has 11 nitrogen and oxygen atoms in total. The van der Waals surface area contributed by atoms with E-state index in [9.17, 15) is 24.5 Å². The summed E-state index contributed by atoms with van der Waals surface area (Å²) in [6.45, 7) is -0.384. The number of ether oxygens (including phenoxy) is 2. The number of amides is 3. The SMILES string of the molecule is COC(=O)c1ccc(CN2C(=O)N/C(=C\c3cc(Cl)c(OCc4ccc(Cl)cc4Cl)c([N+](=O)[O-])c3)C2=O)o1. The molecule has 0 bridgehead atoms. The second-order valence-corrected chi connectivity index (χ2v) is 9.02. The van der Waals surface area contributed by atoms with Crippen molar-refractivity contribution in [3.63, 3.8) is 0 Å². The lowest BCUT2D eigenvalue weighted by Gasteiger charge is -2.11. The molecule has 38 heavy (non-hydrogen) atoms. The molecule has 1 N–H and O–H groups in total. The monoisotopic (exact) mass is 579 g/mol. The number of furan rings is 1. The molecular formula is C24H16Cl3N3O8. The topological polar surface area (TPSA) is 141 Å². The number of benzene rings is 2. The first-order valence-corrected chi connectivity index (χ1v) is 11.8. The number of hydrogen-bond donors (Lipinski definition) is 1. The Labute approximate surface area is 229 Å². The normalized spacial score (nSPS) is 14.1. The van der Waals surface area contributed by atoms with E-state index in [0.717, 1.165) is 11.0 Å². The number of methoxy groups -OCH3 is 1. The van der Waals surface area contributed by atoms with Gasteiger partial charge in [-0.1, -0.05) is 40.9 Å². The summed E-state index contributed by atoms with van der Waals surface area (Å²) in [6, 6.07) is 9.23. The molecule has 0 spiro atoms. The van der Waals surface area contributed by atoms with Crippen molar-refractivity contribution >= 4 is 64.5 Å². The first-order valence-electron chi connectivity index (χ1n) is 10.6. The van der Waals surface area contributed by atoms with Gasteiger partial charge in [-0.3, -0.25) is 19.8 Å². The highest BCUT2D eigenvalue weighted by atomic mass is 35.5. The number of nitrogens with one attached hydrogen (secondary N) is 1. The fourth-order valence-electron chi connectivity index (χ4n) is 3.46. The van der Waals surface area contributed by atoms with Gasteiger partial charge in [0.1, 0.15) is 18.1 Å². The molecule has 1 aliphatic rings. The maximum Gasteiger partial charge on any atom is 0.373 e. The lowest BCUT2D eigenvalue weighted by molar-refractivity contribution is -0.385. The summed E-state index contributed by atoms with van der Waals surface area (Å²) in [4.78, 5) is 48.7. The first kappa shape index (κ1) is 27.0. The fraction of sp³-hybridized carbons (Fsp3) is 0.125. The average Bonchev–Trinajstić information content (AvgIpc) is 3.44. The van der Waals surface area contributed by atoms with Gasteiger partial charge in [-0.05, 0) is 42.0 Å². The van der Waals surface area contributed by atoms with Gasteiger partial charge in [0.25, 0.3) is 5.91 Å². The van der Waals surface area contributed by atoms with Crippen LogP contribution >= 0.6 is 34.8 Å². The quantitative estimate of drug-likeness (QED) is 0.119. The third-order valence-electron chi connectivity index (χ3n) is 5.27. The van der Waals surface area contributed by atoms with E-state index in [1.807, 2.05) is 0 Å². The summed E-state index contributed by atoms with van der Waals surface area (Å²) in [6.07, 6.45) is 1.24. The summed E-state index contributed by atoms with van der Waals surface area (Å²) in [7, 11) is 1.18. The molecule has 0 atom stereocenters. The van der Waals surface area contributed by atoms with Crippen molar-refractivity contribution < 1.29 is 33.2 Å². The molecule has 3 amide bonds. The number of carbonyl (C=O) groups is 3. The predicted octanol–water partition coefficient (Wildman–Crippen LogP) is 5.61. The van der Waals surface area contributed by atoms with Gasteiger partial charge in [-0.2, -0.15) is 0 Å². The molecule has 4 rings (SSSR count). The Balaban J connectivity index is 1.55. The molecular weight excluding hydrogens is 565 g/mol. The maximum absolute atomic E-state index is 12.8. The summed E-state index contributed by atoms with van der Waals surface area (Å²) >= 11 is 18.3. The van der Waals surface area contributed by atoms with Crippen LogP contribution < -0.4 is 10.1 Å². The van der Waals surface area contributed by atoms with E-state index < -0.39 is 28.5 Å². The number of carbonyl (C=O) groups excluding carboxylic acids is 3. The number of imide groups is 1. The van der Waals surface area contributed by atoms with Crippen LogP contribution in [0.15, 0.2) is 52.6 Å².